The molecule has 0 spiro atoms. The van der Waals surface area contributed by atoms with Crippen LogP contribution in [0.4, 0.5) is 10.5 Å². The number of amides is 2. The maximum Gasteiger partial charge on any atom is 0.319 e. The van der Waals surface area contributed by atoms with Crippen LogP contribution in [0.2, 0.25) is 0 Å². The molecule has 82 valence electrons. The van der Waals surface area contributed by atoms with Crippen LogP contribution >= 0.6 is 0 Å². The Balaban J connectivity index is 2.53. The molecule has 0 atom stereocenters. The maximum absolute atomic E-state index is 11.9. The largest absolute Gasteiger partial charge is 0.462 e. The number of carbonyl (C=O) groups is 1. The van der Waals surface area contributed by atoms with Crippen molar-refractivity contribution in [2.45, 2.75) is 0 Å². The molecule has 0 radical (unpaired) electrons. The van der Waals surface area contributed by atoms with Crippen LogP contribution in [0.1, 0.15) is 0 Å². The molecule has 2 aromatic rings. The van der Waals surface area contributed by atoms with Crippen LogP contribution in [0.25, 0.3) is 11.0 Å². The fourth-order valence-corrected chi connectivity index (χ4v) is 1.35. The minimum atomic E-state index is -0.456. The normalized spacial score (nSPS) is 10.1. The van der Waals surface area contributed by atoms with E-state index in [0.717, 1.165) is 0 Å². The summed E-state index contributed by atoms with van der Waals surface area (Å²) in [7, 11) is 1.47. The second kappa shape index (κ2) is 4.06. The first-order valence-electron chi connectivity index (χ1n) is 4.71. The van der Waals surface area contributed by atoms with E-state index in [-0.39, 0.29) is 11.1 Å². The number of anilines is 1. The van der Waals surface area contributed by atoms with E-state index in [2.05, 4.69) is 10.6 Å². The molecule has 0 aliphatic heterocycles. The topological polar surface area (TPSA) is 71.3 Å². The van der Waals surface area contributed by atoms with Gasteiger partial charge < -0.3 is 15.1 Å². The van der Waals surface area contributed by atoms with Crippen molar-refractivity contribution in [1.29, 1.82) is 0 Å². The lowest BCUT2D eigenvalue weighted by atomic mass is 10.2. The molecule has 0 bridgehead atoms. The van der Waals surface area contributed by atoms with Crippen LogP contribution in [0.15, 0.2) is 39.7 Å². The number of hydrogen-bond acceptors (Lipinski definition) is 3. The maximum atomic E-state index is 11.9. The molecule has 0 aliphatic rings. The summed E-state index contributed by atoms with van der Waals surface area (Å²) in [4.78, 5) is 22.9. The third-order valence-corrected chi connectivity index (χ3v) is 2.16. The number of urea groups is 1. The summed E-state index contributed by atoms with van der Waals surface area (Å²) >= 11 is 0. The molecule has 0 unspecified atom stereocenters. The van der Waals surface area contributed by atoms with Gasteiger partial charge in [-0.05, 0) is 12.1 Å². The zero-order valence-electron chi connectivity index (χ0n) is 8.61. The summed E-state index contributed by atoms with van der Waals surface area (Å²) in [6.45, 7) is 0. The van der Waals surface area contributed by atoms with E-state index in [1.807, 2.05) is 0 Å². The summed E-state index contributed by atoms with van der Waals surface area (Å²) in [5, 5.41) is 5.19. The zero-order valence-corrected chi connectivity index (χ0v) is 8.61. The van der Waals surface area contributed by atoms with E-state index < -0.39 is 6.03 Å². The molecule has 5 nitrogen and oxygen atoms in total. The van der Waals surface area contributed by atoms with Gasteiger partial charge >= 0.3 is 6.03 Å². The van der Waals surface area contributed by atoms with Crippen molar-refractivity contribution < 1.29 is 9.21 Å². The fourth-order valence-electron chi connectivity index (χ4n) is 1.35. The predicted molar refractivity (Wildman–Crippen MR) is 60.6 cm³/mol. The molecule has 0 aliphatic carbocycles. The van der Waals surface area contributed by atoms with Gasteiger partial charge in [-0.2, -0.15) is 0 Å². The quantitative estimate of drug-likeness (QED) is 0.762. The molecule has 2 N–H and O–H groups in total. The third kappa shape index (κ3) is 1.75. The van der Waals surface area contributed by atoms with Gasteiger partial charge in [-0.25, -0.2) is 4.79 Å². The Morgan fingerprint density at radius 2 is 2.06 bits per heavy atom. The minimum Gasteiger partial charge on any atom is -0.462 e. The Hall–Kier alpha value is -2.30. The van der Waals surface area contributed by atoms with E-state index in [4.69, 9.17) is 4.42 Å². The van der Waals surface area contributed by atoms with Crippen LogP contribution in [0.5, 0.6) is 0 Å². The summed E-state index contributed by atoms with van der Waals surface area (Å²) in [6, 6.07) is 6.40. The summed E-state index contributed by atoms with van der Waals surface area (Å²) in [5.74, 6) is 0. The third-order valence-electron chi connectivity index (χ3n) is 2.16. The molecule has 1 aromatic heterocycles. The predicted octanol–water partition coefficient (Wildman–Crippen LogP) is 1.54. The van der Waals surface area contributed by atoms with Crippen molar-refractivity contribution in [3.05, 3.63) is 40.8 Å². The van der Waals surface area contributed by atoms with Crippen molar-refractivity contribution in [2.75, 3.05) is 12.4 Å². The second-order valence-electron chi connectivity index (χ2n) is 3.18. The molecule has 0 fully saturated rings. The van der Waals surface area contributed by atoms with Crippen molar-refractivity contribution in [3.8, 4) is 0 Å². The lowest BCUT2D eigenvalue weighted by molar-refractivity contribution is 0.254. The van der Waals surface area contributed by atoms with Crippen LogP contribution < -0.4 is 16.1 Å². The molecule has 0 saturated heterocycles. The van der Waals surface area contributed by atoms with Gasteiger partial charge in [-0.1, -0.05) is 12.1 Å². The summed E-state index contributed by atoms with van der Waals surface area (Å²) < 4.78 is 5.23. The van der Waals surface area contributed by atoms with Crippen LogP contribution in [0, 0.1) is 0 Å². The SMILES string of the molecule is CNC(=O)Nc1coc2ccccc2c1=O. The number of rotatable bonds is 1. The first kappa shape index (κ1) is 10.2. The highest BCUT2D eigenvalue weighted by Gasteiger charge is 2.07. The van der Waals surface area contributed by atoms with Gasteiger partial charge in [0.2, 0.25) is 5.43 Å². The van der Waals surface area contributed by atoms with Gasteiger partial charge in [0, 0.05) is 7.05 Å². The Morgan fingerprint density at radius 3 is 2.81 bits per heavy atom. The first-order chi connectivity index (χ1) is 7.72. The Morgan fingerprint density at radius 1 is 1.31 bits per heavy atom. The van der Waals surface area contributed by atoms with E-state index in [1.54, 1.807) is 24.3 Å². The number of hydrogen-bond donors (Lipinski definition) is 2. The molecular formula is C11H10N2O3. The monoisotopic (exact) mass is 218 g/mol. The van der Waals surface area contributed by atoms with Gasteiger partial charge in [-0.3, -0.25) is 4.79 Å². The smallest absolute Gasteiger partial charge is 0.319 e. The van der Waals surface area contributed by atoms with Gasteiger partial charge in [-0.15, -0.1) is 0 Å². The number of benzene rings is 1. The summed E-state index contributed by atoms with van der Waals surface area (Å²) in [5.41, 5.74) is 0.360. The van der Waals surface area contributed by atoms with Crippen LogP contribution in [-0.2, 0) is 0 Å². The lowest BCUT2D eigenvalue weighted by Gasteiger charge is -2.03. The van der Waals surface area contributed by atoms with Gasteiger partial charge in [0.05, 0.1) is 5.39 Å². The summed E-state index contributed by atoms with van der Waals surface area (Å²) in [6.07, 6.45) is 1.24. The van der Waals surface area contributed by atoms with Crippen molar-refractivity contribution >= 4 is 22.7 Å². The van der Waals surface area contributed by atoms with Gasteiger partial charge in [0.1, 0.15) is 17.5 Å². The van der Waals surface area contributed by atoms with Gasteiger partial charge in [0.15, 0.2) is 0 Å². The lowest BCUT2D eigenvalue weighted by Crippen LogP contribution is -2.27. The molecule has 16 heavy (non-hydrogen) atoms. The minimum absolute atomic E-state index is 0.123. The number of fused-ring (bicyclic) bond motifs is 1. The van der Waals surface area contributed by atoms with Crippen molar-refractivity contribution in [1.82, 2.24) is 5.32 Å². The fraction of sp³-hybridized carbons (Fsp3) is 0.0909. The van der Waals surface area contributed by atoms with Crippen molar-refractivity contribution in [2.24, 2.45) is 0 Å². The van der Waals surface area contributed by atoms with Crippen LogP contribution in [-0.4, -0.2) is 13.1 Å². The van der Waals surface area contributed by atoms with Crippen molar-refractivity contribution in [3.63, 3.8) is 0 Å². The van der Waals surface area contributed by atoms with E-state index in [9.17, 15) is 9.59 Å². The Bertz CT molecular complexity index is 589. The second-order valence-corrected chi connectivity index (χ2v) is 3.18. The average molecular weight is 218 g/mol. The average Bonchev–Trinajstić information content (AvgIpc) is 2.33. The zero-order chi connectivity index (χ0) is 11.5. The highest BCUT2D eigenvalue weighted by Crippen LogP contribution is 2.12. The molecule has 2 amide bonds. The molecule has 0 saturated carbocycles. The van der Waals surface area contributed by atoms with Crippen LogP contribution in [0.3, 0.4) is 0 Å². The number of para-hydroxylation sites is 1. The Labute approximate surface area is 91.1 Å². The van der Waals surface area contributed by atoms with E-state index in [0.29, 0.717) is 11.0 Å². The first-order valence-corrected chi connectivity index (χ1v) is 4.71. The molecule has 1 heterocycles. The highest BCUT2D eigenvalue weighted by molar-refractivity contribution is 5.91. The highest BCUT2D eigenvalue weighted by atomic mass is 16.3. The molecule has 1 aromatic carbocycles. The standard InChI is InChI=1S/C11H10N2O3/c1-12-11(15)13-8-6-16-9-5-3-2-4-7(9)10(8)14/h2-6H,1H3,(H2,12,13,15). The Kier molecular flexibility index (Phi) is 2.59. The van der Waals surface area contributed by atoms with E-state index in [1.165, 1.54) is 13.3 Å². The van der Waals surface area contributed by atoms with E-state index >= 15 is 0 Å². The number of carbonyl (C=O) groups excluding carboxylic acids is 1. The van der Waals surface area contributed by atoms with Gasteiger partial charge in [0.25, 0.3) is 0 Å². The molecular weight excluding hydrogens is 208 g/mol. The molecule has 2 rings (SSSR count). The molecule has 5 heteroatoms. The number of nitrogens with one attached hydrogen (secondary N) is 2.